The largest absolute Gasteiger partial charge is 0.350 e. The number of anilines is 1. The molecule has 0 spiro atoms. The Bertz CT molecular complexity index is 882. The van der Waals surface area contributed by atoms with Crippen molar-refractivity contribution >= 4 is 23.5 Å². The number of nitrogens with one attached hydrogen (secondary N) is 2. The number of halogens is 1. The van der Waals surface area contributed by atoms with Gasteiger partial charge in [0.1, 0.15) is 0 Å². The molecule has 1 aromatic heterocycles. The van der Waals surface area contributed by atoms with Crippen molar-refractivity contribution in [2.24, 2.45) is 0 Å². The summed E-state index contributed by atoms with van der Waals surface area (Å²) in [7, 11) is 0. The zero-order chi connectivity index (χ0) is 18.4. The molecule has 0 aliphatic rings. The maximum Gasteiger partial charge on any atom is 0.254 e. The van der Waals surface area contributed by atoms with Gasteiger partial charge in [0.05, 0.1) is 11.3 Å². The number of nitrogens with zero attached hydrogens (tertiary/aromatic N) is 2. The molecule has 0 saturated carbocycles. The van der Waals surface area contributed by atoms with Crippen molar-refractivity contribution in [3.05, 3.63) is 88.2 Å². The lowest BCUT2D eigenvalue weighted by molar-refractivity contribution is 0.0949. The first kappa shape index (κ1) is 17.9. The van der Waals surface area contributed by atoms with E-state index in [9.17, 15) is 4.79 Å². The van der Waals surface area contributed by atoms with Crippen LogP contribution in [-0.4, -0.2) is 15.9 Å². The summed E-state index contributed by atoms with van der Waals surface area (Å²) in [5.41, 5.74) is 3.20. The number of benzene rings is 2. The number of carbonyl (C=O) groups excluding carboxylic acids is 1. The molecule has 2 aromatic carbocycles. The first-order valence-corrected chi connectivity index (χ1v) is 8.64. The molecule has 0 bridgehead atoms. The average molecular weight is 367 g/mol. The molecule has 1 heterocycles. The Hall–Kier alpha value is -2.92. The van der Waals surface area contributed by atoms with Crippen molar-refractivity contribution in [1.29, 1.82) is 0 Å². The van der Waals surface area contributed by atoms with Crippen LogP contribution in [0, 0.1) is 6.92 Å². The SMILES string of the molecule is Cc1nc(NCc2ccccc2)ncc1C(=O)NCc1ccc(Cl)cc1. The van der Waals surface area contributed by atoms with Crippen LogP contribution in [0.15, 0.2) is 60.8 Å². The van der Waals surface area contributed by atoms with Crippen LogP contribution in [-0.2, 0) is 13.1 Å². The van der Waals surface area contributed by atoms with Crippen LogP contribution in [0.4, 0.5) is 5.95 Å². The highest BCUT2D eigenvalue weighted by atomic mass is 35.5. The van der Waals surface area contributed by atoms with Crippen molar-refractivity contribution in [2.75, 3.05) is 5.32 Å². The first-order valence-electron chi connectivity index (χ1n) is 8.26. The van der Waals surface area contributed by atoms with E-state index in [0.29, 0.717) is 35.3 Å². The van der Waals surface area contributed by atoms with Gasteiger partial charge in [-0.3, -0.25) is 4.79 Å². The molecule has 132 valence electrons. The highest BCUT2D eigenvalue weighted by molar-refractivity contribution is 6.30. The second-order valence-electron chi connectivity index (χ2n) is 5.84. The fourth-order valence-electron chi connectivity index (χ4n) is 2.43. The minimum atomic E-state index is -0.202. The molecule has 0 radical (unpaired) electrons. The van der Waals surface area contributed by atoms with E-state index < -0.39 is 0 Å². The van der Waals surface area contributed by atoms with Crippen LogP contribution in [0.2, 0.25) is 5.02 Å². The van der Waals surface area contributed by atoms with Crippen molar-refractivity contribution < 1.29 is 4.79 Å². The van der Waals surface area contributed by atoms with E-state index in [1.807, 2.05) is 42.5 Å². The second-order valence-corrected chi connectivity index (χ2v) is 6.28. The summed E-state index contributed by atoms with van der Waals surface area (Å²) in [4.78, 5) is 21.0. The van der Waals surface area contributed by atoms with Crippen molar-refractivity contribution in [3.63, 3.8) is 0 Å². The molecule has 0 unspecified atom stereocenters. The minimum Gasteiger partial charge on any atom is -0.350 e. The molecular weight excluding hydrogens is 348 g/mol. The van der Waals surface area contributed by atoms with Gasteiger partial charge < -0.3 is 10.6 Å². The monoisotopic (exact) mass is 366 g/mol. The van der Waals surface area contributed by atoms with Crippen LogP contribution >= 0.6 is 11.6 Å². The molecule has 3 rings (SSSR count). The summed E-state index contributed by atoms with van der Waals surface area (Å²) in [6.45, 7) is 2.85. The Balaban J connectivity index is 1.59. The van der Waals surface area contributed by atoms with Gasteiger partial charge in [-0.15, -0.1) is 0 Å². The first-order chi connectivity index (χ1) is 12.6. The molecule has 26 heavy (non-hydrogen) atoms. The third-order valence-electron chi connectivity index (χ3n) is 3.88. The van der Waals surface area contributed by atoms with Gasteiger partial charge in [-0.25, -0.2) is 9.97 Å². The third kappa shape index (κ3) is 4.80. The Kier molecular flexibility index (Phi) is 5.81. The average Bonchev–Trinajstić information content (AvgIpc) is 2.66. The number of aryl methyl sites for hydroxylation is 1. The van der Waals surface area contributed by atoms with Gasteiger partial charge in [-0.05, 0) is 30.2 Å². The van der Waals surface area contributed by atoms with E-state index in [1.165, 1.54) is 0 Å². The van der Waals surface area contributed by atoms with Gasteiger partial charge in [0.2, 0.25) is 5.95 Å². The van der Waals surface area contributed by atoms with Crippen LogP contribution in [0.25, 0.3) is 0 Å². The van der Waals surface area contributed by atoms with E-state index in [4.69, 9.17) is 11.6 Å². The fourth-order valence-corrected chi connectivity index (χ4v) is 2.56. The lowest BCUT2D eigenvalue weighted by atomic mass is 10.2. The third-order valence-corrected chi connectivity index (χ3v) is 4.14. The molecular formula is C20H19ClN4O. The lowest BCUT2D eigenvalue weighted by Gasteiger charge is -2.09. The van der Waals surface area contributed by atoms with Crippen LogP contribution < -0.4 is 10.6 Å². The van der Waals surface area contributed by atoms with Gasteiger partial charge in [-0.1, -0.05) is 54.1 Å². The van der Waals surface area contributed by atoms with Gasteiger partial charge in [0, 0.05) is 24.3 Å². The number of rotatable bonds is 6. The molecule has 6 heteroatoms. The van der Waals surface area contributed by atoms with Crippen molar-refractivity contribution in [1.82, 2.24) is 15.3 Å². The molecule has 0 aliphatic heterocycles. The summed E-state index contributed by atoms with van der Waals surface area (Å²) in [6, 6.07) is 17.3. The standard InChI is InChI=1S/C20H19ClN4O/c1-14-18(19(26)22-11-16-7-9-17(21)10-8-16)13-24-20(25-14)23-12-15-5-3-2-4-6-15/h2-10,13H,11-12H2,1H3,(H,22,26)(H,23,24,25). The summed E-state index contributed by atoms with van der Waals surface area (Å²) in [5.74, 6) is 0.299. The lowest BCUT2D eigenvalue weighted by Crippen LogP contribution is -2.24. The second kappa shape index (κ2) is 8.45. The Morgan fingerprint density at radius 1 is 1.00 bits per heavy atom. The van der Waals surface area contributed by atoms with Gasteiger partial charge in [0.25, 0.3) is 5.91 Å². The van der Waals surface area contributed by atoms with Gasteiger partial charge >= 0.3 is 0 Å². The summed E-state index contributed by atoms with van der Waals surface area (Å²) in [6.07, 6.45) is 1.55. The molecule has 2 N–H and O–H groups in total. The summed E-state index contributed by atoms with van der Waals surface area (Å²) in [5, 5.41) is 6.70. The van der Waals surface area contributed by atoms with Gasteiger partial charge in [-0.2, -0.15) is 0 Å². The van der Waals surface area contributed by atoms with Crippen molar-refractivity contribution in [3.8, 4) is 0 Å². The predicted molar refractivity (Wildman–Crippen MR) is 103 cm³/mol. The Labute approximate surface area is 157 Å². The smallest absolute Gasteiger partial charge is 0.254 e. The Morgan fingerprint density at radius 3 is 2.38 bits per heavy atom. The maximum atomic E-state index is 12.4. The number of aromatic nitrogens is 2. The predicted octanol–water partition coefficient (Wildman–Crippen LogP) is 3.98. The van der Waals surface area contributed by atoms with Crippen LogP contribution in [0.5, 0.6) is 0 Å². The molecule has 1 amide bonds. The van der Waals surface area contributed by atoms with E-state index in [0.717, 1.165) is 11.1 Å². The molecule has 5 nitrogen and oxygen atoms in total. The number of hydrogen-bond donors (Lipinski definition) is 2. The van der Waals surface area contributed by atoms with Crippen LogP contribution in [0.3, 0.4) is 0 Å². The normalized spacial score (nSPS) is 10.4. The minimum absolute atomic E-state index is 0.202. The molecule has 0 aliphatic carbocycles. The summed E-state index contributed by atoms with van der Waals surface area (Å²) >= 11 is 5.86. The maximum absolute atomic E-state index is 12.4. The quantitative estimate of drug-likeness (QED) is 0.692. The number of amides is 1. The van der Waals surface area contributed by atoms with E-state index in [2.05, 4.69) is 20.6 Å². The summed E-state index contributed by atoms with van der Waals surface area (Å²) < 4.78 is 0. The highest BCUT2D eigenvalue weighted by Gasteiger charge is 2.11. The highest BCUT2D eigenvalue weighted by Crippen LogP contribution is 2.11. The van der Waals surface area contributed by atoms with Crippen LogP contribution in [0.1, 0.15) is 27.2 Å². The zero-order valence-corrected chi connectivity index (χ0v) is 15.1. The Morgan fingerprint density at radius 2 is 1.69 bits per heavy atom. The van der Waals surface area contributed by atoms with E-state index in [-0.39, 0.29) is 5.91 Å². The topological polar surface area (TPSA) is 66.9 Å². The molecule has 0 fully saturated rings. The van der Waals surface area contributed by atoms with E-state index >= 15 is 0 Å². The van der Waals surface area contributed by atoms with E-state index in [1.54, 1.807) is 25.3 Å². The van der Waals surface area contributed by atoms with Crippen molar-refractivity contribution in [2.45, 2.75) is 20.0 Å². The molecule has 0 saturated heterocycles. The number of hydrogen-bond acceptors (Lipinski definition) is 4. The number of carbonyl (C=O) groups is 1. The molecule has 3 aromatic rings. The van der Waals surface area contributed by atoms with Gasteiger partial charge in [0.15, 0.2) is 0 Å². The zero-order valence-electron chi connectivity index (χ0n) is 14.4. The fraction of sp³-hybridized carbons (Fsp3) is 0.150. The molecule has 0 atom stereocenters.